The number of aliphatic hydroxyl groups is 1. The first kappa shape index (κ1) is 15.4. The second-order valence-corrected chi connectivity index (χ2v) is 5.87. The number of carbonyl (C=O) groups is 1. The van der Waals surface area contributed by atoms with Gasteiger partial charge in [-0.15, -0.1) is 0 Å². The standard InChI is InChI=1S/C12H26N2O2/c1-9(2)6-12(5,16)8-14-10(15)11(3,4)7-13/h9,16H,6-8,13H2,1-5H3,(H,14,15). The molecule has 0 saturated carbocycles. The van der Waals surface area contributed by atoms with E-state index in [0.29, 0.717) is 18.9 Å². The summed E-state index contributed by atoms with van der Waals surface area (Å²) in [5, 5.41) is 12.8. The zero-order valence-electron chi connectivity index (χ0n) is 11.1. The molecule has 1 atom stereocenters. The molecular formula is C12H26N2O2. The minimum Gasteiger partial charge on any atom is -0.388 e. The Morgan fingerprint density at radius 1 is 1.38 bits per heavy atom. The minimum absolute atomic E-state index is 0.112. The van der Waals surface area contributed by atoms with Gasteiger partial charge in [0.1, 0.15) is 0 Å². The Morgan fingerprint density at radius 3 is 2.25 bits per heavy atom. The summed E-state index contributed by atoms with van der Waals surface area (Å²) in [4.78, 5) is 11.7. The highest BCUT2D eigenvalue weighted by molar-refractivity contribution is 5.82. The maximum absolute atomic E-state index is 11.7. The molecule has 0 radical (unpaired) electrons. The lowest BCUT2D eigenvalue weighted by molar-refractivity contribution is -0.130. The van der Waals surface area contributed by atoms with Crippen LogP contribution in [0.4, 0.5) is 0 Å². The summed E-state index contributed by atoms with van der Waals surface area (Å²) < 4.78 is 0. The molecule has 0 rings (SSSR count). The van der Waals surface area contributed by atoms with Crippen molar-refractivity contribution in [1.29, 1.82) is 0 Å². The Morgan fingerprint density at radius 2 is 1.88 bits per heavy atom. The summed E-state index contributed by atoms with van der Waals surface area (Å²) in [6, 6.07) is 0. The van der Waals surface area contributed by atoms with Gasteiger partial charge in [-0.05, 0) is 33.1 Å². The van der Waals surface area contributed by atoms with E-state index in [1.807, 2.05) is 13.8 Å². The van der Waals surface area contributed by atoms with Crippen LogP contribution in [0, 0.1) is 11.3 Å². The fourth-order valence-electron chi connectivity index (χ4n) is 1.55. The van der Waals surface area contributed by atoms with Gasteiger partial charge in [0.2, 0.25) is 5.91 Å². The van der Waals surface area contributed by atoms with E-state index in [9.17, 15) is 9.90 Å². The number of hydrogen-bond acceptors (Lipinski definition) is 3. The Hall–Kier alpha value is -0.610. The van der Waals surface area contributed by atoms with E-state index in [1.165, 1.54) is 0 Å². The van der Waals surface area contributed by atoms with Gasteiger partial charge in [0.15, 0.2) is 0 Å². The van der Waals surface area contributed by atoms with Crippen molar-refractivity contribution < 1.29 is 9.90 Å². The monoisotopic (exact) mass is 230 g/mol. The molecule has 0 fully saturated rings. The maximum Gasteiger partial charge on any atom is 0.227 e. The summed E-state index contributed by atoms with van der Waals surface area (Å²) in [7, 11) is 0. The Kier molecular flexibility index (Phi) is 5.42. The largest absolute Gasteiger partial charge is 0.388 e. The van der Waals surface area contributed by atoms with Crippen LogP contribution < -0.4 is 11.1 Å². The number of nitrogens with one attached hydrogen (secondary N) is 1. The van der Waals surface area contributed by atoms with Gasteiger partial charge < -0.3 is 16.2 Å². The normalized spacial score (nSPS) is 16.0. The molecule has 0 aliphatic heterocycles. The van der Waals surface area contributed by atoms with Gasteiger partial charge in [-0.3, -0.25) is 4.79 Å². The average Bonchev–Trinajstić information content (AvgIpc) is 2.12. The predicted molar refractivity (Wildman–Crippen MR) is 65.9 cm³/mol. The molecule has 0 bridgehead atoms. The van der Waals surface area contributed by atoms with E-state index in [4.69, 9.17) is 5.73 Å². The van der Waals surface area contributed by atoms with E-state index in [1.54, 1.807) is 20.8 Å². The van der Waals surface area contributed by atoms with Crippen LogP contribution in [0.15, 0.2) is 0 Å². The molecule has 1 amide bonds. The van der Waals surface area contributed by atoms with Gasteiger partial charge in [0.05, 0.1) is 11.0 Å². The average molecular weight is 230 g/mol. The van der Waals surface area contributed by atoms with Crippen molar-refractivity contribution in [3.8, 4) is 0 Å². The summed E-state index contributed by atoms with van der Waals surface area (Å²) >= 11 is 0. The first-order valence-electron chi connectivity index (χ1n) is 5.81. The predicted octanol–water partition coefficient (Wildman–Crippen LogP) is 0.885. The third-order valence-electron chi connectivity index (χ3n) is 2.60. The fourth-order valence-corrected chi connectivity index (χ4v) is 1.55. The molecule has 0 spiro atoms. The highest BCUT2D eigenvalue weighted by Crippen LogP contribution is 2.17. The molecule has 96 valence electrons. The smallest absolute Gasteiger partial charge is 0.227 e. The molecule has 16 heavy (non-hydrogen) atoms. The molecule has 0 aliphatic carbocycles. The molecular weight excluding hydrogens is 204 g/mol. The molecule has 4 heteroatoms. The molecule has 4 nitrogen and oxygen atoms in total. The van der Waals surface area contributed by atoms with Crippen molar-refractivity contribution in [3.05, 3.63) is 0 Å². The molecule has 4 N–H and O–H groups in total. The van der Waals surface area contributed by atoms with Crippen molar-refractivity contribution in [3.63, 3.8) is 0 Å². The molecule has 0 saturated heterocycles. The number of amides is 1. The molecule has 0 heterocycles. The van der Waals surface area contributed by atoms with Gasteiger partial charge in [0, 0.05) is 13.1 Å². The minimum atomic E-state index is -0.853. The Balaban J connectivity index is 4.19. The van der Waals surface area contributed by atoms with E-state index in [-0.39, 0.29) is 12.5 Å². The van der Waals surface area contributed by atoms with Gasteiger partial charge in [-0.1, -0.05) is 13.8 Å². The second kappa shape index (κ2) is 5.64. The second-order valence-electron chi connectivity index (χ2n) is 5.87. The zero-order chi connectivity index (χ0) is 13.0. The van der Waals surface area contributed by atoms with E-state index in [2.05, 4.69) is 5.32 Å². The van der Waals surface area contributed by atoms with Crippen molar-refractivity contribution in [2.75, 3.05) is 13.1 Å². The first-order chi connectivity index (χ1) is 7.10. The van der Waals surface area contributed by atoms with Crippen molar-refractivity contribution in [1.82, 2.24) is 5.32 Å². The molecule has 0 aliphatic rings. The van der Waals surface area contributed by atoms with Crippen LogP contribution in [0.1, 0.15) is 41.0 Å². The van der Waals surface area contributed by atoms with Crippen molar-refractivity contribution in [2.24, 2.45) is 17.1 Å². The SMILES string of the molecule is CC(C)CC(C)(O)CNC(=O)C(C)(C)CN. The lowest BCUT2D eigenvalue weighted by Gasteiger charge is -2.28. The third kappa shape index (κ3) is 5.47. The van der Waals surface area contributed by atoms with Crippen molar-refractivity contribution >= 4 is 5.91 Å². The van der Waals surface area contributed by atoms with Crippen LogP contribution in [0.25, 0.3) is 0 Å². The fraction of sp³-hybridized carbons (Fsp3) is 0.917. The third-order valence-corrected chi connectivity index (χ3v) is 2.60. The molecule has 1 unspecified atom stereocenters. The topological polar surface area (TPSA) is 75.3 Å². The molecule has 0 aromatic carbocycles. The van der Waals surface area contributed by atoms with E-state index >= 15 is 0 Å². The summed E-state index contributed by atoms with van der Waals surface area (Å²) in [6.45, 7) is 9.97. The summed E-state index contributed by atoms with van der Waals surface area (Å²) in [5.74, 6) is 0.286. The summed E-state index contributed by atoms with van der Waals surface area (Å²) in [6.07, 6.45) is 0.663. The van der Waals surface area contributed by atoms with Crippen LogP contribution in [0.5, 0.6) is 0 Å². The van der Waals surface area contributed by atoms with Crippen LogP contribution in [-0.4, -0.2) is 29.7 Å². The van der Waals surface area contributed by atoms with Crippen LogP contribution in [0.3, 0.4) is 0 Å². The van der Waals surface area contributed by atoms with Crippen LogP contribution >= 0.6 is 0 Å². The van der Waals surface area contributed by atoms with Crippen molar-refractivity contribution in [2.45, 2.75) is 46.6 Å². The first-order valence-corrected chi connectivity index (χ1v) is 5.81. The number of carbonyl (C=O) groups excluding carboxylic acids is 1. The lowest BCUT2D eigenvalue weighted by atomic mass is 9.91. The maximum atomic E-state index is 11.7. The van der Waals surface area contributed by atoms with Crippen LogP contribution in [-0.2, 0) is 4.79 Å². The Bertz CT molecular complexity index is 235. The van der Waals surface area contributed by atoms with E-state index in [0.717, 1.165) is 0 Å². The van der Waals surface area contributed by atoms with Gasteiger partial charge in [0.25, 0.3) is 0 Å². The van der Waals surface area contributed by atoms with E-state index < -0.39 is 11.0 Å². The van der Waals surface area contributed by atoms with Gasteiger partial charge in [-0.25, -0.2) is 0 Å². The molecule has 0 aromatic rings. The van der Waals surface area contributed by atoms with Gasteiger partial charge >= 0.3 is 0 Å². The molecule has 0 aromatic heterocycles. The zero-order valence-corrected chi connectivity index (χ0v) is 11.1. The van der Waals surface area contributed by atoms with Gasteiger partial charge in [-0.2, -0.15) is 0 Å². The quantitative estimate of drug-likeness (QED) is 0.634. The lowest BCUT2D eigenvalue weighted by Crippen LogP contribution is -2.48. The van der Waals surface area contributed by atoms with Crippen LogP contribution in [0.2, 0.25) is 0 Å². The number of nitrogens with two attached hydrogens (primary N) is 1. The Labute approximate surface area is 98.6 Å². The number of hydrogen-bond donors (Lipinski definition) is 3. The highest BCUT2D eigenvalue weighted by Gasteiger charge is 2.28. The highest BCUT2D eigenvalue weighted by atomic mass is 16.3. The summed E-state index contributed by atoms with van der Waals surface area (Å²) in [5.41, 5.74) is 4.08. The number of rotatable bonds is 6.